The summed E-state index contributed by atoms with van der Waals surface area (Å²) < 4.78 is 24.2. The molecule has 2 unspecified atom stereocenters. The zero-order valence-corrected chi connectivity index (χ0v) is 30.6. The van der Waals surface area contributed by atoms with E-state index in [0.29, 0.717) is 32.6 Å². The molecule has 280 valence electrons. The molecule has 4 atom stereocenters. The van der Waals surface area contributed by atoms with Crippen molar-refractivity contribution in [3.63, 3.8) is 0 Å². The number of terminal acetylenes is 1. The van der Waals surface area contributed by atoms with Crippen molar-refractivity contribution >= 4 is 18.2 Å². The van der Waals surface area contributed by atoms with Crippen molar-refractivity contribution < 1.29 is 33.3 Å². The summed E-state index contributed by atoms with van der Waals surface area (Å²) in [5.74, 6) is 7.69. The van der Waals surface area contributed by atoms with E-state index < -0.39 is 41.4 Å². The molecule has 4 rings (SSSR count). The van der Waals surface area contributed by atoms with Crippen LogP contribution < -0.4 is 16.6 Å². The number of carbonyl (C=O) groups excluding carboxylic acids is 3. The first-order valence-electron chi connectivity index (χ1n) is 17.6. The second kappa shape index (κ2) is 18.4. The molecule has 14 nitrogen and oxygen atoms in total. The van der Waals surface area contributed by atoms with Gasteiger partial charge < -0.3 is 29.2 Å². The molecule has 52 heavy (non-hydrogen) atoms. The molecule has 0 spiro atoms. The maximum atomic E-state index is 13.1. The van der Waals surface area contributed by atoms with Crippen molar-refractivity contribution in [2.45, 2.75) is 103 Å². The van der Waals surface area contributed by atoms with Gasteiger partial charge in [0, 0.05) is 57.3 Å². The Kier molecular flexibility index (Phi) is 14.1. The fourth-order valence-corrected chi connectivity index (χ4v) is 6.12. The van der Waals surface area contributed by atoms with Gasteiger partial charge >= 0.3 is 17.9 Å². The van der Waals surface area contributed by atoms with Crippen molar-refractivity contribution in [3.05, 3.63) is 68.0 Å². The van der Waals surface area contributed by atoms with Gasteiger partial charge in [-0.05, 0) is 64.2 Å². The van der Waals surface area contributed by atoms with Gasteiger partial charge in [0.05, 0.1) is 12.6 Å². The van der Waals surface area contributed by atoms with Gasteiger partial charge in [-0.2, -0.15) is 0 Å². The summed E-state index contributed by atoms with van der Waals surface area (Å²) >= 11 is 0. The normalized spacial score (nSPS) is 20.0. The van der Waals surface area contributed by atoms with Gasteiger partial charge in [-0.15, -0.1) is 6.42 Å². The maximum absolute atomic E-state index is 13.1. The van der Waals surface area contributed by atoms with Crippen LogP contribution in [0.4, 0.5) is 9.59 Å². The van der Waals surface area contributed by atoms with Crippen LogP contribution in [0, 0.1) is 24.2 Å². The molecule has 2 saturated heterocycles. The molecular weight excluding hydrogens is 670 g/mol. The molecular formula is C38H49N5O9. The highest BCUT2D eigenvalue weighted by Gasteiger charge is 2.39. The average molecular weight is 720 g/mol. The second-order valence-corrected chi connectivity index (χ2v) is 13.8. The number of rotatable bonds is 11. The number of hydrogen-bond donors (Lipinski definition) is 2. The predicted octanol–water partition coefficient (Wildman–Crippen LogP) is 3.52. The lowest BCUT2D eigenvalue weighted by atomic mass is 10.0. The molecule has 2 aliphatic rings. The topological polar surface area (TPSA) is 161 Å². The first-order valence-corrected chi connectivity index (χ1v) is 17.6. The molecule has 2 aromatic rings. The number of nitrogens with one attached hydrogen (secondary N) is 2. The lowest BCUT2D eigenvalue weighted by Gasteiger charge is -2.39. The van der Waals surface area contributed by atoms with E-state index in [-0.39, 0.29) is 43.2 Å². The smallest absolute Gasteiger partial charge is 0.444 e. The number of benzene rings is 1. The molecule has 1 aromatic heterocycles. The number of hydrogen-bond acceptors (Lipinski definition) is 10. The molecule has 1 aromatic carbocycles. The average Bonchev–Trinajstić information content (AvgIpc) is 3.49. The molecule has 0 aliphatic carbocycles. The summed E-state index contributed by atoms with van der Waals surface area (Å²) in [6.07, 6.45) is 6.87. The SMILES string of the molecule is C#Cc1ccc(CN(CCOC(=O)OC2C[C@H](n3cc(C#CCNC(C)=O)c(=O)[nH]c3=O)O[C@@H]2CC)CC2CCCCN2C(=O)OC(C)(C)C)cc1. The number of aromatic amines is 1. The van der Waals surface area contributed by atoms with Crippen LogP contribution in [0.25, 0.3) is 0 Å². The van der Waals surface area contributed by atoms with Crippen LogP contribution in [0.3, 0.4) is 0 Å². The van der Waals surface area contributed by atoms with E-state index in [0.717, 1.165) is 30.4 Å². The van der Waals surface area contributed by atoms with E-state index >= 15 is 0 Å². The summed E-state index contributed by atoms with van der Waals surface area (Å²) in [6, 6.07) is 7.58. The minimum atomic E-state index is -0.877. The standard InChI is InChI=1S/C38H49N5O9/c1-7-27-14-16-28(17-15-27)23-41(25-30-13-9-10-19-42(30)36(47)52-38(4,5)6)20-21-49-37(48)51-32-22-33(50-31(32)8-2)43-24-29(34(45)40-35(43)46)12-11-18-39-26(3)44/h1,14-17,24,30-33H,8-10,13,18-23,25H2,2-6H3,(H,39,44)(H,40,45,46)/t30?,31-,32?,33-/m1/s1. The largest absolute Gasteiger partial charge is 0.508 e. The van der Waals surface area contributed by atoms with E-state index in [9.17, 15) is 24.0 Å². The molecule has 0 radical (unpaired) electrons. The molecule has 2 amide bonds. The minimum Gasteiger partial charge on any atom is -0.444 e. The van der Waals surface area contributed by atoms with Crippen LogP contribution >= 0.6 is 0 Å². The highest BCUT2D eigenvalue weighted by Crippen LogP contribution is 2.32. The number of piperidine rings is 1. The number of aromatic nitrogens is 2. The van der Waals surface area contributed by atoms with Crippen molar-refractivity contribution in [1.29, 1.82) is 0 Å². The van der Waals surface area contributed by atoms with Crippen molar-refractivity contribution in [1.82, 2.24) is 24.7 Å². The molecule has 2 N–H and O–H groups in total. The van der Waals surface area contributed by atoms with Gasteiger partial charge in [-0.25, -0.2) is 14.4 Å². The first kappa shape index (κ1) is 39.7. The van der Waals surface area contributed by atoms with Gasteiger partial charge in [-0.1, -0.05) is 36.8 Å². The number of carbonyl (C=O) groups is 3. The van der Waals surface area contributed by atoms with Gasteiger partial charge in [0.2, 0.25) is 5.91 Å². The first-order chi connectivity index (χ1) is 24.8. The zero-order valence-electron chi connectivity index (χ0n) is 30.6. The highest BCUT2D eigenvalue weighted by molar-refractivity contribution is 5.73. The summed E-state index contributed by atoms with van der Waals surface area (Å²) in [7, 11) is 0. The third-order valence-corrected chi connectivity index (χ3v) is 8.64. The van der Waals surface area contributed by atoms with E-state index in [1.165, 1.54) is 17.7 Å². The fraction of sp³-hybridized carbons (Fsp3) is 0.553. The van der Waals surface area contributed by atoms with Crippen LogP contribution in [-0.4, -0.2) is 94.1 Å². The van der Waals surface area contributed by atoms with Crippen molar-refractivity contribution in [2.75, 3.05) is 32.8 Å². The zero-order chi connectivity index (χ0) is 37.8. The lowest BCUT2D eigenvalue weighted by molar-refractivity contribution is -0.118. The van der Waals surface area contributed by atoms with Crippen molar-refractivity contribution in [3.8, 4) is 24.2 Å². The minimum absolute atomic E-state index is 0.0179. The molecule has 14 heteroatoms. The Morgan fingerprint density at radius 1 is 1.15 bits per heavy atom. The Balaban J connectivity index is 1.39. The quantitative estimate of drug-likeness (QED) is 0.260. The summed E-state index contributed by atoms with van der Waals surface area (Å²) in [5, 5.41) is 2.51. The van der Waals surface area contributed by atoms with Crippen LogP contribution in [0.15, 0.2) is 40.1 Å². The van der Waals surface area contributed by atoms with Crippen LogP contribution in [0.1, 0.15) is 89.6 Å². The number of nitrogens with zero attached hydrogens (tertiary/aromatic N) is 3. The number of amides is 2. The number of ether oxygens (including phenoxy) is 4. The van der Waals surface area contributed by atoms with E-state index in [1.807, 2.05) is 52.0 Å². The van der Waals surface area contributed by atoms with Gasteiger partial charge in [0.15, 0.2) is 0 Å². The Hall–Kier alpha value is -5.05. The Bertz CT molecular complexity index is 1780. The fourth-order valence-electron chi connectivity index (χ4n) is 6.12. The molecule has 0 bridgehead atoms. The predicted molar refractivity (Wildman–Crippen MR) is 192 cm³/mol. The third kappa shape index (κ3) is 11.8. The summed E-state index contributed by atoms with van der Waals surface area (Å²) in [6.45, 7) is 10.9. The van der Waals surface area contributed by atoms with E-state index in [4.69, 9.17) is 25.4 Å². The monoisotopic (exact) mass is 719 g/mol. The number of H-pyrrole nitrogens is 1. The van der Waals surface area contributed by atoms with Crippen LogP contribution in [-0.2, 0) is 30.3 Å². The molecule has 2 aliphatic heterocycles. The third-order valence-electron chi connectivity index (χ3n) is 8.64. The number of likely N-dealkylation sites (tertiary alicyclic amines) is 1. The van der Waals surface area contributed by atoms with E-state index in [1.54, 1.807) is 4.90 Å². The Morgan fingerprint density at radius 3 is 2.58 bits per heavy atom. The lowest BCUT2D eigenvalue weighted by Crippen LogP contribution is -2.51. The summed E-state index contributed by atoms with van der Waals surface area (Å²) in [5.41, 5.74) is -0.178. The highest BCUT2D eigenvalue weighted by atomic mass is 16.7. The molecule has 0 saturated carbocycles. The maximum Gasteiger partial charge on any atom is 0.508 e. The van der Waals surface area contributed by atoms with Crippen LogP contribution in [0.5, 0.6) is 0 Å². The van der Waals surface area contributed by atoms with Crippen molar-refractivity contribution in [2.24, 2.45) is 0 Å². The van der Waals surface area contributed by atoms with Gasteiger partial charge in [-0.3, -0.25) is 24.0 Å². The second-order valence-electron chi connectivity index (χ2n) is 13.8. The summed E-state index contributed by atoms with van der Waals surface area (Å²) in [4.78, 5) is 68.4. The molecule has 3 heterocycles. The Morgan fingerprint density at radius 2 is 1.90 bits per heavy atom. The van der Waals surface area contributed by atoms with Crippen LogP contribution in [0.2, 0.25) is 0 Å². The van der Waals surface area contributed by atoms with Gasteiger partial charge in [0.25, 0.3) is 5.56 Å². The molecule has 2 fully saturated rings. The van der Waals surface area contributed by atoms with E-state index in [2.05, 4.69) is 33.0 Å². The Labute approximate surface area is 304 Å². The van der Waals surface area contributed by atoms with Gasteiger partial charge in [0.1, 0.15) is 30.1 Å².